The van der Waals surface area contributed by atoms with Gasteiger partial charge in [0.2, 0.25) is 5.91 Å². The topological polar surface area (TPSA) is 115 Å². The number of aryl methyl sites for hydroxylation is 1. The second-order valence-electron chi connectivity index (χ2n) is 6.83. The summed E-state index contributed by atoms with van der Waals surface area (Å²) in [5.41, 5.74) is 2.34. The molecule has 0 aliphatic rings. The van der Waals surface area contributed by atoms with Crippen molar-refractivity contribution in [2.24, 2.45) is 7.05 Å². The smallest absolute Gasteiger partial charge is 0.269 e. The van der Waals surface area contributed by atoms with Crippen LogP contribution in [0.15, 0.2) is 47.6 Å². The highest BCUT2D eigenvalue weighted by Gasteiger charge is 2.19. The number of non-ortho nitro benzene ring substituents is 1. The van der Waals surface area contributed by atoms with Crippen molar-refractivity contribution in [1.29, 1.82) is 0 Å². The highest BCUT2D eigenvalue weighted by atomic mass is 35.5. The van der Waals surface area contributed by atoms with E-state index < -0.39 is 10.2 Å². The summed E-state index contributed by atoms with van der Waals surface area (Å²) in [6, 6.07) is 11.4. The number of nitrogens with one attached hydrogen (secondary N) is 2. The number of hydrogen-bond acceptors (Lipinski definition) is 7. The minimum absolute atomic E-state index is 0.0337. The minimum Gasteiger partial charge on any atom is -0.378 e. The Labute approximate surface area is 188 Å². The largest absolute Gasteiger partial charge is 0.378 e. The first kappa shape index (κ1) is 22.6. The van der Waals surface area contributed by atoms with Crippen molar-refractivity contribution < 1.29 is 9.72 Å². The molecule has 11 heteroatoms. The van der Waals surface area contributed by atoms with Crippen LogP contribution in [0.1, 0.15) is 18.3 Å². The Morgan fingerprint density at radius 1 is 1.23 bits per heavy atom. The van der Waals surface area contributed by atoms with Crippen molar-refractivity contribution in [2.75, 3.05) is 10.6 Å². The number of nitrogens with zero attached hydrogens (tertiary/aromatic N) is 4. The summed E-state index contributed by atoms with van der Waals surface area (Å²) >= 11 is 7.43. The van der Waals surface area contributed by atoms with E-state index in [4.69, 9.17) is 11.6 Å². The summed E-state index contributed by atoms with van der Waals surface area (Å²) in [5.74, 6) is 0.470. The van der Waals surface area contributed by atoms with E-state index in [9.17, 15) is 14.9 Å². The third-order valence-electron chi connectivity index (χ3n) is 4.54. The van der Waals surface area contributed by atoms with E-state index >= 15 is 0 Å². The number of rotatable bonds is 8. The van der Waals surface area contributed by atoms with Gasteiger partial charge in [-0.25, -0.2) is 0 Å². The molecule has 1 unspecified atom stereocenters. The molecule has 2 N–H and O–H groups in total. The van der Waals surface area contributed by atoms with Gasteiger partial charge in [-0.2, -0.15) is 0 Å². The fourth-order valence-corrected chi connectivity index (χ4v) is 3.62. The number of nitro groups is 1. The predicted octanol–water partition coefficient (Wildman–Crippen LogP) is 4.42. The molecule has 1 aromatic heterocycles. The van der Waals surface area contributed by atoms with Gasteiger partial charge in [-0.05, 0) is 43.7 Å². The molecule has 1 amide bonds. The second kappa shape index (κ2) is 9.80. The third-order valence-corrected chi connectivity index (χ3v) is 6.09. The average molecular weight is 461 g/mol. The lowest BCUT2D eigenvalue weighted by atomic mass is 10.2. The van der Waals surface area contributed by atoms with Gasteiger partial charge in [0.05, 0.1) is 16.7 Å². The maximum Gasteiger partial charge on any atom is 0.269 e. The number of halogens is 1. The van der Waals surface area contributed by atoms with Crippen molar-refractivity contribution in [2.45, 2.75) is 30.8 Å². The van der Waals surface area contributed by atoms with E-state index in [1.807, 2.05) is 36.7 Å². The van der Waals surface area contributed by atoms with E-state index in [0.717, 1.165) is 11.3 Å². The molecule has 0 saturated heterocycles. The number of aromatic nitrogens is 3. The van der Waals surface area contributed by atoms with Crippen molar-refractivity contribution in [3.05, 3.63) is 69.0 Å². The third kappa shape index (κ3) is 5.74. The molecule has 0 aliphatic heterocycles. The van der Waals surface area contributed by atoms with Crippen molar-refractivity contribution in [3.8, 4) is 0 Å². The van der Waals surface area contributed by atoms with Crippen LogP contribution in [0, 0.1) is 17.0 Å². The van der Waals surface area contributed by atoms with E-state index in [0.29, 0.717) is 28.2 Å². The van der Waals surface area contributed by atoms with Crippen LogP contribution in [0.5, 0.6) is 0 Å². The molecule has 0 spiro atoms. The average Bonchev–Trinajstić information content (AvgIpc) is 3.08. The van der Waals surface area contributed by atoms with Gasteiger partial charge >= 0.3 is 0 Å². The number of amides is 1. The van der Waals surface area contributed by atoms with Gasteiger partial charge < -0.3 is 15.2 Å². The van der Waals surface area contributed by atoms with Crippen LogP contribution in [0.3, 0.4) is 0 Å². The highest BCUT2D eigenvalue weighted by molar-refractivity contribution is 8.00. The van der Waals surface area contributed by atoms with Crippen LogP contribution in [-0.2, 0) is 18.4 Å². The fraction of sp³-hybridized carbons (Fsp3) is 0.250. The lowest BCUT2D eigenvalue weighted by molar-refractivity contribution is -0.384. The normalized spacial score (nSPS) is 11.7. The summed E-state index contributed by atoms with van der Waals surface area (Å²) in [4.78, 5) is 22.7. The highest BCUT2D eigenvalue weighted by Crippen LogP contribution is 2.24. The van der Waals surface area contributed by atoms with Crippen LogP contribution in [0.25, 0.3) is 0 Å². The molecule has 0 fully saturated rings. The molecule has 162 valence electrons. The Hall–Kier alpha value is -3.11. The van der Waals surface area contributed by atoms with Gasteiger partial charge in [-0.15, -0.1) is 10.2 Å². The zero-order chi connectivity index (χ0) is 22.5. The molecule has 1 heterocycles. The molecular weight excluding hydrogens is 440 g/mol. The minimum atomic E-state index is -0.488. The van der Waals surface area contributed by atoms with Crippen molar-refractivity contribution in [3.63, 3.8) is 0 Å². The summed E-state index contributed by atoms with van der Waals surface area (Å²) < 4.78 is 1.82. The van der Waals surface area contributed by atoms with Crippen molar-refractivity contribution in [1.82, 2.24) is 14.8 Å². The van der Waals surface area contributed by atoms with E-state index in [1.165, 1.54) is 36.0 Å². The molecule has 2 aromatic carbocycles. The Morgan fingerprint density at radius 3 is 2.55 bits per heavy atom. The number of thioether (sulfide) groups is 1. The summed E-state index contributed by atoms with van der Waals surface area (Å²) in [6.07, 6.45) is 0. The zero-order valence-electron chi connectivity index (χ0n) is 17.1. The standard InChI is InChI=1S/C20H21ClN6O3S/c1-12-4-5-15(10-17(12)21)22-11-18-24-25-20(26(18)3)31-13(2)19(28)23-14-6-8-16(9-7-14)27(29)30/h4-10,13,22H,11H2,1-3H3,(H,23,28). The van der Waals surface area contributed by atoms with Gasteiger partial charge in [0.15, 0.2) is 11.0 Å². The molecular formula is C20H21ClN6O3S. The first-order valence-corrected chi connectivity index (χ1v) is 10.6. The first-order chi connectivity index (χ1) is 14.7. The van der Waals surface area contributed by atoms with E-state index in [2.05, 4.69) is 20.8 Å². The van der Waals surface area contributed by atoms with E-state index in [1.54, 1.807) is 6.92 Å². The van der Waals surface area contributed by atoms with Crippen LogP contribution >= 0.6 is 23.4 Å². The van der Waals surface area contributed by atoms with Crippen LogP contribution < -0.4 is 10.6 Å². The number of carbonyl (C=O) groups excluding carboxylic acids is 1. The molecule has 31 heavy (non-hydrogen) atoms. The Balaban J connectivity index is 1.58. The van der Waals surface area contributed by atoms with Gasteiger partial charge in [0.25, 0.3) is 5.69 Å². The van der Waals surface area contributed by atoms with Gasteiger partial charge in [0, 0.05) is 35.6 Å². The molecule has 3 rings (SSSR count). The maximum absolute atomic E-state index is 12.5. The summed E-state index contributed by atoms with van der Waals surface area (Å²) in [6.45, 7) is 4.15. The molecule has 0 radical (unpaired) electrons. The number of hydrogen-bond donors (Lipinski definition) is 2. The molecule has 1 atom stereocenters. The summed E-state index contributed by atoms with van der Waals surface area (Å²) in [5, 5.41) is 25.9. The monoisotopic (exact) mass is 460 g/mol. The van der Waals surface area contributed by atoms with Gasteiger partial charge in [-0.3, -0.25) is 14.9 Å². The van der Waals surface area contributed by atoms with Crippen LogP contribution in [-0.4, -0.2) is 30.8 Å². The lowest BCUT2D eigenvalue weighted by Gasteiger charge is -2.12. The second-order valence-corrected chi connectivity index (χ2v) is 8.54. The first-order valence-electron chi connectivity index (χ1n) is 9.35. The van der Waals surface area contributed by atoms with Gasteiger partial charge in [0.1, 0.15) is 0 Å². The van der Waals surface area contributed by atoms with Crippen molar-refractivity contribution >= 4 is 46.3 Å². The Morgan fingerprint density at radius 2 is 1.90 bits per heavy atom. The molecule has 0 bridgehead atoms. The zero-order valence-corrected chi connectivity index (χ0v) is 18.7. The number of anilines is 2. The predicted molar refractivity (Wildman–Crippen MR) is 122 cm³/mol. The SMILES string of the molecule is Cc1ccc(NCc2nnc(SC(C)C(=O)Nc3ccc([N+](=O)[O-])cc3)n2C)cc1Cl. The lowest BCUT2D eigenvalue weighted by Crippen LogP contribution is -2.22. The summed E-state index contributed by atoms with van der Waals surface area (Å²) in [7, 11) is 1.84. The van der Waals surface area contributed by atoms with E-state index in [-0.39, 0.29) is 11.6 Å². The van der Waals surface area contributed by atoms with Gasteiger partial charge in [-0.1, -0.05) is 29.4 Å². The maximum atomic E-state index is 12.5. The van der Waals surface area contributed by atoms with Crippen LogP contribution in [0.4, 0.5) is 17.1 Å². The number of benzene rings is 2. The Bertz CT molecular complexity index is 1100. The number of carbonyl (C=O) groups is 1. The van der Waals surface area contributed by atoms with Crippen LogP contribution in [0.2, 0.25) is 5.02 Å². The Kier molecular flexibility index (Phi) is 7.13. The molecule has 9 nitrogen and oxygen atoms in total. The molecule has 0 saturated carbocycles. The molecule has 3 aromatic rings. The fourth-order valence-electron chi connectivity index (χ4n) is 2.61. The molecule has 0 aliphatic carbocycles. The quantitative estimate of drug-likeness (QED) is 0.290. The number of nitro benzene ring substituents is 1.